The highest BCUT2D eigenvalue weighted by Crippen LogP contribution is 2.31. The van der Waals surface area contributed by atoms with Gasteiger partial charge in [0, 0.05) is 31.6 Å². The molecule has 166 valence electrons. The van der Waals surface area contributed by atoms with Crippen LogP contribution in [-0.2, 0) is 9.53 Å². The van der Waals surface area contributed by atoms with E-state index in [-0.39, 0.29) is 24.5 Å². The first kappa shape index (κ1) is 20.5. The predicted molar refractivity (Wildman–Crippen MR) is 117 cm³/mol. The number of aromatic nitrogens is 2. The number of carbonyl (C=O) groups is 2. The zero-order valence-corrected chi connectivity index (χ0v) is 17.9. The second-order valence-electron chi connectivity index (χ2n) is 9.25. The Morgan fingerprint density at radius 1 is 1.13 bits per heavy atom. The molecule has 2 aromatic rings. The van der Waals surface area contributed by atoms with Crippen LogP contribution in [0.4, 0.5) is 0 Å². The number of ether oxygens (including phenoxy) is 1. The minimum absolute atomic E-state index is 0.0567. The van der Waals surface area contributed by atoms with Gasteiger partial charge in [0.1, 0.15) is 6.61 Å². The third-order valence-electron chi connectivity index (χ3n) is 6.79. The van der Waals surface area contributed by atoms with Crippen molar-refractivity contribution in [3.05, 3.63) is 30.0 Å². The molecule has 8 nitrogen and oxygen atoms in total. The van der Waals surface area contributed by atoms with Crippen molar-refractivity contribution in [1.82, 2.24) is 25.3 Å². The minimum Gasteiger partial charge on any atom is -0.365 e. The Morgan fingerprint density at radius 2 is 1.90 bits per heavy atom. The van der Waals surface area contributed by atoms with E-state index in [1.807, 2.05) is 29.2 Å². The zero-order valence-electron chi connectivity index (χ0n) is 17.9. The number of para-hydroxylation sites is 1. The highest BCUT2D eigenvalue weighted by atomic mass is 16.5. The van der Waals surface area contributed by atoms with Gasteiger partial charge in [0.25, 0.3) is 5.91 Å². The van der Waals surface area contributed by atoms with Crippen LogP contribution < -0.4 is 5.32 Å². The number of hydrogen-bond donors (Lipinski definition) is 2. The summed E-state index contributed by atoms with van der Waals surface area (Å²) in [6.07, 6.45) is 4.92. The van der Waals surface area contributed by atoms with Gasteiger partial charge in [0.05, 0.1) is 11.6 Å². The number of nitrogens with one attached hydrogen (secondary N) is 2. The van der Waals surface area contributed by atoms with Crippen LogP contribution in [0.5, 0.6) is 0 Å². The smallest absolute Gasteiger partial charge is 0.272 e. The van der Waals surface area contributed by atoms with Gasteiger partial charge in [-0.1, -0.05) is 18.2 Å². The Labute approximate surface area is 182 Å². The predicted octanol–water partition coefficient (Wildman–Crippen LogP) is 1.64. The summed E-state index contributed by atoms with van der Waals surface area (Å²) in [5, 5.41) is 10.8. The zero-order chi connectivity index (χ0) is 21.2. The molecule has 2 aliphatic heterocycles. The van der Waals surface area contributed by atoms with Crippen molar-refractivity contribution in [3.63, 3.8) is 0 Å². The fourth-order valence-corrected chi connectivity index (χ4v) is 4.74. The number of hydrogen-bond acceptors (Lipinski definition) is 5. The van der Waals surface area contributed by atoms with Crippen molar-refractivity contribution < 1.29 is 14.3 Å². The summed E-state index contributed by atoms with van der Waals surface area (Å²) in [6.45, 7) is 5.34. The molecule has 0 radical (unpaired) electrons. The van der Waals surface area contributed by atoms with Crippen molar-refractivity contribution in [2.24, 2.45) is 11.8 Å². The molecule has 0 unspecified atom stereocenters. The van der Waals surface area contributed by atoms with Crippen molar-refractivity contribution in [1.29, 1.82) is 0 Å². The summed E-state index contributed by atoms with van der Waals surface area (Å²) in [6, 6.07) is 7.56. The fraction of sp³-hybridized carbons (Fsp3) is 0.609. The van der Waals surface area contributed by atoms with E-state index in [0.717, 1.165) is 49.3 Å². The highest BCUT2D eigenvalue weighted by Gasteiger charge is 2.31. The van der Waals surface area contributed by atoms with E-state index < -0.39 is 0 Å². The lowest BCUT2D eigenvalue weighted by atomic mass is 9.95. The summed E-state index contributed by atoms with van der Waals surface area (Å²) in [7, 11) is 0. The first-order valence-corrected chi connectivity index (χ1v) is 11.5. The van der Waals surface area contributed by atoms with Crippen LogP contribution in [0.1, 0.15) is 36.2 Å². The fourth-order valence-electron chi connectivity index (χ4n) is 4.74. The maximum Gasteiger partial charge on any atom is 0.272 e. The Bertz CT molecular complexity index is 932. The number of benzene rings is 1. The van der Waals surface area contributed by atoms with Crippen molar-refractivity contribution in [2.45, 2.75) is 31.8 Å². The third-order valence-corrected chi connectivity index (χ3v) is 6.79. The van der Waals surface area contributed by atoms with E-state index >= 15 is 0 Å². The van der Waals surface area contributed by atoms with Crippen LogP contribution in [0.15, 0.2) is 24.3 Å². The summed E-state index contributed by atoms with van der Waals surface area (Å²) in [5.41, 5.74) is 1.22. The molecule has 3 fully saturated rings. The van der Waals surface area contributed by atoms with Gasteiger partial charge in [-0.3, -0.25) is 14.7 Å². The van der Waals surface area contributed by atoms with Crippen molar-refractivity contribution in [3.8, 4) is 0 Å². The van der Waals surface area contributed by atoms with Gasteiger partial charge in [-0.2, -0.15) is 5.10 Å². The topological polar surface area (TPSA) is 90.6 Å². The van der Waals surface area contributed by atoms with E-state index in [0.29, 0.717) is 24.7 Å². The molecule has 5 rings (SSSR count). The van der Waals surface area contributed by atoms with E-state index in [9.17, 15) is 9.59 Å². The second kappa shape index (κ2) is 8.96. The highest BCUT2D eigenvalue weighted by molar-refractivity contribution is 6.04. The summed E-state index contributed by atoms with van der Waals surface area (Å²) < 4.78 is 5.69. The molecule has 8 heteroatoms. The minimum atomic E-state index is -0.229. The van der Waals surface area contributed by atoms with Crippen LogP contribution in [0, 0.1) is 11.8 Å². The van der Waals surface area contributed by atoms with Gasteiger partial charge in [0.15, 0.2) is 5.69 Å². The Balaban J connectivity index is 1.10. The molecule has 2 saturated heterocycles. The molecule has 1 aromatic heterocycles. The van der Waals surface area contributed by atoms with Crippen LogP contribution >= 0.6 is 0 Å². The van der Waals surface area contributed by atoms with E-state index in [1.54, 1.807) is 0 Å². The van der Waals surface area contributed by atoms with Gasteiger partial charge in [0.2, 0.25) is 5.91 Å². The third kappa shape index (κ3) is 4.91. The van der Waals surface area contributed by atoms with Crippen molar-refractivity contribution in [2.75, 3.05) is 45.9 Å². The van der Waals surface area contributed by atoms with Gasteiger partial charge >= 0.3 is 0 Å². The molecule has 31 heavy (non-hydrogen) atoms. The molecule has 1 aromatic carbocycles. The molecule has 1 saturated carbocycles. The quantitative estimate of drug-likeness (QED) is 0.704. The Morgan fingerprint density at radius 3 is 2.71 bits per heavy atom. The number of fused-ring (bicyclic) bond motifs is 1. The SMILES string of the molecule is O=C(NC[C@H]1CN(CC2CCN(CC3CC3)CC2)C(=O)CO1)c1n[nH]c2ccccc12. The second-order valence-corrected chi connectivity index (χ2v) is 9.25. The van der Waals surface area contributed by atoms with Crippen LogP contribution in [0.25, 0.3) is 10.9 Å². The first-order valence-electron chi connectivity index (χ1n) is 11.5. The Hall–Kier alpha value is -2.45. The standard InChI is InChI=1S/C23H31N5O3/c29-21-15-31-18(11-24-23(30)22-19-3-1-2-4-20(19)25-26-22)14-28(21)13-17-7-9-27(10-8-17)12-16-5-6-16/h1-4,16-18H,5-15H2,(H,24,30)(H,25,26)/t18-/m0/s1. The molecule has 2 N–H and O–H groups in total. The number of rotatable bonds is 7. The number of amides is 2. The molecule has 1 atom stereocenters. The number of likely N-dealkylation sites (tertiary alicyclic amines) is 1. The molecule has 2 amide bonds. The normalized spacial score (nSPS) is 23.4. The average molecular weight is 426 g/mol. The van der Waals surface area contributed by atoms with E-state index in [2.05, 4.69) is 20.4 Å². The van der Waals surface area contributed by atoms with Crippen LogP contribution in [-0.4, -0.2) is 83.8 Å². The lowest BCUT2D eigenvalue weighted by Gasteiger charge is -2.38. The molecule has 3 heterocycles. The molecule has 0 bridgehead atoms. The number of nitrogens with zero attached hydrogens (tertiary/aromatic N) is 3. The number of H-pyrrole nitrogens is 1. The molecule has 3 aliphatic rings. The lowest BCUT2D eigenvalue weighted by molar-refractivity contribution is -0.149. The van der Waals surface area contributed by atoms with Crippen LogP contribution in [0.2, 0.25) is 0 Å². The largest absolute Gasteiger partial charge is 0.365 e. The number of carbonyl (C=O) groups excluding carboxylic acids is 2. The Kier molecular flexibility index (Phi) is 5.91. The maximum atomic E-state index is 12.6. The van der Waals surface area contributed by atoms with E-state index in [4.69, 9.17) is 4.74 Å². The summed E-state index contributed by atoms with van der Waals surface area (Å²) in [4.78, 5) is 29.5. The molecule has 1 aliphatic carbocycles. The number of piperidine rings is 1. The van der Waals surface area contributed by atoms with Gasteiger partial charge in [-0.25, -0.2) is 0 Å². The van der Waals surface area contributed by atoms with E-state index in [1.165, 1.54) is 19.4 Å². The van der Waals surface area contributed by atoms with Gasteiger partial charge in [-0.15, -0.1) is 0 Å². The summed E-state index contributed by atoms with van der Waals surface area (Å²) >= 11 is 0. The number of morpholine rings is 1. The molecule has 0 spiro atoms. The summed E-state index contributed by atoms with van der Waals surface area (Å²) in [5.74, 6) is 1.32. The molecular weight excluding hydrogens is 394 g/mol. The first-order chi connectivity index (χ1) is 15.2. The lowest BCUT2D eigenvalue weighted by Crippen LogP contribution is -2.52. The van der Waals surface area contributed by atoms with Gasteiger partial charge in [-0.05, 0) is 56.7 Å². The average Bonchev–Trinajstić information content (AvgIpc) is 3.50. The van der Waals surface area contributed by atoms with Crippen LogP contribution in [0.3, 0.4) is 0 Å². The molecular formula is C23H31N5O3. The maximum absolute atomic E-state index is 12.6. The van der Waals surface area contributed by atoms with Crippen molar-refractivity contribution >= 4 is 22.7 Å². The van der Waals surface area contributed by atoms with Gasteiger partial charge < -0.3 is 19.9 Å². The number of aromatic amines is 1. The monoisotopic (exact) mass is 425 g/mol.